The lowest BCUT2D eigenvalue weighted by atomic mass is 10.2. The average molecular weight is 402 g/mol. The van der Waals surface area contributed by atoms with E-state index in [1.54, 1.807) is 18.2 Å². The third kappa shape index (κ3) is 6.81. The number of alkyl halides is 2. The minimum absolute atomic E-state index is 0. The number of carbonyl (C=O) groups excluding carboxylic acids is 1. The van der Waals surface area contributed by atoms with Crippen LogP contribution in [0, 0.1) is 0 Å². The molecule has 25 heavy (non-hydrogen) atoms. The van der Waals surface area contributed by atoms with Crippen LogP contribution in [0.25, 0.3) is 0 Å². The van der Waals surface area contributed by atoms with Crippen LogP contribution >= 0.6 is 24.8 Å². The normalized spacial score (nSPS) is 17.5. The fourth-order valence-electron chi connectivity index (χ4n) is 2.57. The molecule has 1 fully saturated rings. The summed E-state index contributed by atoms with van der Waals surface area (Å²) in [5, 5.41) is 2.85. The van der Waals surface area contributed by atoms with Crippen LogP contribution < -0.4 is 20.7 Å². The second kappa shape index (κ2) is 11.3. The van der Waals surface area contributed by atoms with Gasteiger partial charge in [-0.15, -0.1) is 24.8 Å². The fourth-order valence-corrected chi connectivity index (χ4v) is 2.57. The third-order valence-electron chi connectivity index (χ3n) is 3.64. The molecule has 0 aromatic heterocycles. The number of para-hydroxylation sites is 2. The molecule has 1 aromatic rings. The van der Waals surface area contributed by atoms with Crippen molar-refractivity contribution in [3.8, 4) is 5.75 Å². The molecular formula is C15H23Cl2F2N3O3. The minimum atomic E-state index is -2.87. The van der Waals surface area contributed by atoms with E-state index in [1.807, 2.05) is 4.90 Å². The summed E-state index contributed by atoms with van der Waals surface area (Å²) in [6.07, 6.45) is 0.703. The molecule has 2 rings (SSSR count). The van der Waals surface area contributed by atoms with Crippen LogP contribution in [0.2, 0.25) is 0 Å². The van der Waals surface area contributed by atoms with Crippen LogP contribution in [0.15, 0.2) is 24.3 Å². The summed E-state index contributed by atoms with van der Waals surface area (Å²) in [5.41, 5.74) is 6.27. The number of hydrogen-bond acceptors (Lipinski definition) is 5. The molecule has 2 atom stereocenters. The monoisotopic (exact) mass is 401 g/mol. The summed E-state index contributed by atoms with van der Waals surface area (Å²) in [4.78, 5) is 13.8. The summed E-state index contributed by atoms with van der Waals surface area (Å²) >= 11 is 0. The summed E-state index contributed by atoms with van der Waals surface area (Å²) in [6.45, 7) is -1.59. The Bertz CT molecular complexity index is 540. The smallest absolute Gasteiger partial charge is 0.387 e. The van der Waals surface area contributed by atoms with Gasteiger partial charge in [0.1, 0.15) is 11.8 Å². The first kappa shape index (κ1) is 23.6. The molecule has 1 aromatic carbocycles. The molecule has 1 aliphatic rings. The molecule has 0 radical (unpaired) electrons. The number of nitrogens with one attached hydrogen (secondary N) is 1. The van der Waals surface area contributed by atoms with Crippen molar-refractivity contribution in [1.29, 1.82) is 0 Å². The van der Waals surface area contributed by atoms with Gasteiger partial charge < -0.3 is 25.4 Å². The average Bonchev–Trinajstić information content (AvgIpc) is 2.95. The van der Waals surface area contributed by atoms with E-state index in [1.165, 1.54) is 13.2 Å². The topological polar surface area (TPSA) is 76.8 Å². The van der Waals surface area contributed by atoms with Gasteiger partial charge in [-0.3, -0.25) is 4.79 Å². The Morgan fingerprint density at radius 1 is 1.40 bits per heavy atom. The first-order valence-electron chi connectivity index (χ1n) is 7.35. The Labute approximate surface area is 157 Å². The van der Waals surface area contributed by atoms with Crippen molar-refractivity contribution in [2.24, 2.45) is 5.73 Å². The van der Waals surface area contributed by atoms with Gasteiger partial charge in [-0.25, -0.2) is 0 Å². The van der Waals surface area contributed by atoms with Crippen molar-refractivity contribution >= 4 is 36.4 Å². The zero-order chi connectivity index (χ0) is 16.8. The van der Waals surface area contributed by atoms with Gasteiger partial charge in [0.15, 0.2) is 0 Å². The molecule has 1 aliphatic heterocycles. The summed E-state index contributed by atoms with van der Waals surface area (Å²) in [7, 11) is 1.48. The predicted octanol–water partition coefficient (Wildman–Crippen LogP) is 1.80. The predicted molar refractivity (Wildman–Crippen MR) is 96.2 cm³/mol. The first-order chi connectivity index (χ1) is 11.0. The van der Waals surface area contributed by atoms with Crippen molar-refractivity contribution in [1.82, 2.24) is 5.32 Å². The highest BCUT2D eigenvalue weighted by Gasteiger charge is 2.27. The molecule has 0 aliphatic carbocycles. The number of rotatable bonds is 7. The van der Waals surface area contributed by atoms with E-state index in [0.29, 0.717) is 25.2 Å². The maximum Gasteiger partial charge on any atom is 0.387 e. The lowest BCUT2D eigenvalue weighted by Gasteiger charge is -2.22. The van der Waals surface area contributed by atoms with Crippen LogP contribution in [0.3, 0.4) is 0 Å². The van der Waals surface area contributed by atoms with E-state index in [0.717, 1.165) is 0 Å². The van der Waals surface area contributed by atoms with Gasteiger partial charge in [0.2, 0.25) is 5.91 Å². The first-order valence-corrected chi connectivity index (χ1v) is 7.35. The Balaban J connectivity index is 0.00000288. The molecule has 1 amide bonds. The number of methoxy groups -OCH3 is 1. The molecule has 0 bridgehead atoms. The molecule has 6 nitrogen and oxygen atoms in total. The van der Waals surface area contributed by atoms with E-state index in [4.69, 9.17) is 10.5 Å². The van der Waals surface area contributed by atoms with Crippen LogP contribution in [-0.4, -0.2) is 51.4 Å². The maximum absolute atomic E-state index is 12.5. The Morgan fingerprint density at radius 3 is 2.72 bits per heavy atom. The number of carbonyl (C=O) groups is 1. The van der Waals surface area contributed by atoms with Gasteiger partial charge >= 0.3 is 6.61 Å². The van der Waals surface area contributed by atoms with Gasteiger partial charge in [0, 0.05) is 26.2 Å². The summed E-state index contributed by atoms with van der Waals surface area (Å²) in [6, 6.07) is 5.81. The molecule has 0 saturated carbocycles. The van der Waals surface area contributed by atoms with E-state index in [9.17, 15) is 13.6 Å². The molecule has 144 valence electrons. The van der Waals surface area contributed by atoms with Gasteiger partial charge in [-0.05, 0) is 18.6 Å². The zero-order valence-corrected chi connectivity index (χ0v) is 15.3. The van der Waals surface area contributed by atoms with Crippen molar-refractivity contribution in [2.75, 3.05) is 31.7 Å². The van der Waals surface area contributed by atoms with Gasteiger partial charge in [-0.2, -0.15) is 8.78 Å². The number of hydrogen-bond donors (Lipinski definition) is 2. The van der Waals surface area contributed by atoms with Crippen molar-refractivity contribution in [2.45, 2.75) is 25.1 Å². The van der Waals surface area contributed by atoms with Crippen molar-refractivity contribution < 1.29 is 23.0 Å². The maximum atomic E-state index is 12.5. The lowest BCUT2D eigenvalue weighted by Crippen LogP contribution is -2.48. The molecule has 3 N–H and O–H groups in total. The van der Waals surface area contributed by atoms with E-state index < -0.39 is 12.7 Å². The highest BCUT2D eigenvalue weighted by atomic mass is 35.5. The Hall–Kier alpha value is -1.35. The number of halogens is 4. The second-order valence-electron chi connectivity index (χ2n) is 5.35. The van der Waals surface area contributed by atoms with Crippen LogP contribution in [-0.2, 0) is 9.53 Å². The highest BCUT2D eigenvalue weighted by Crippen LogP contribution is 2.31. The number of ether oxygens (including phenoxy) is 2. The number of benzene rings is 1. The van der Waals surface area contributed by atoms with Crippen LogP contribution in [0.4, 0.5) is 14.5 Å². The highest BCUT2D eigenvalue weighted by molar-refractivity contribution is 5.85. The lowest BCUT2D eigenvalue weighted by molar-refractivity contribution is -0.124. The molecule has 2 unspecified atom stereocenters. The number of amides is 1. The number of nitrogens with two attached hydrogens (primary N) is 1. The van der Waals surface area contributed by atoms with Crippen molar-refractivity contribution in [3.05, 3.63) is 24.3 Å². The quantitative estimate of drug-likeness (QED) is 0.728. The van der Waals surface area contributed by atoms with Crippen LogP contribution in [0.1, 0.15) is 6.42 Å². The van der Waals surface area contributed by atoms with Crippen molar-refractivity contribution in [3.63, 3.8) is 0 Å². The minimum Gasteiger partial charge on any atom is -0.433 e. The summed E-state index contributed by atoms with van der Waals surface area (Å²) < 4.78 is 34.3. The molecule has 10 heteroatoms. The second-order valence-corrected chi connectivity index (χ2v) is 5.35. The van der Waals surface area contributed by atoms with E-state index in [-0.39, 0.29) is 49.1 Å². The molecule has 0 spiro atoms. The largest absolute Gasteiger partial charge is 0.433 e. The standard InChI is InChI=1S/C15H21F2N3O3.2ClH/c1-22-9-11(18)14(21)19-10-6-7-20(8-10)12-4-2-3-5-13(12)23-15(16)17;;/h2-5,10-11,15H,6-9,18H2,1H3,(H,19,21);2*1H. The van der Waals surface area contributed by atoms with Gasteiger partial charge in [0.05, 0.1) is 12.3 Å². The van der Waals surface area contributed by atoms with E-state index >= 15 is 0 Å². The molecule has 1 heterocycles. The van der Waals surface area contributed by atoms with E-state index in [2.05, 4.69) is 10.1 Å². The van der Waals surface area contributed by atoms with Gasteiger partial charge in [-0.1, -0.05) is 12.1 Å². The fraction of sp³-hybridized carbons (Fsp3) is 0.533. The SMILES string of the molecule is COCC(N)C(=O)NC1CCN(c2ccccc2OC(F)F)C1.Cl.Cl. The summed E-state index contributed by atoms with van der Waals surface area (Å²) in [5.74, 6) is -0.152. The number of nitrogens with zero attached hydrogens (tertiary/aromatic N) is 1. The molecular weight excluding hydrogens is 379 g/mol. The zero-order valence-electron chi connectivity index (χ0n) is 13.7. The Kier molecular flexibility index (Phi) is 10.7. The van der Waals surface area contributed by atoms with Crippen LogP contribution in [0.5, 0.6) is 5.75 Å². The third-order valence-corrected chi connectivity index (χ3v) is 3.64. The van der Waals surface area contributed by atoms with Gasteiger partial charge in [0.25, 0.3) is 0 Å². The molecule has 1 saturated heterocycles. The number of anilines is 1. The Morgan fingerprint density at radius 2 is 2.08 bits per heavy atom.